The minimum absolute atomic E-state index is 0.0310. The van der Waals surface area contributed by atoms with Crippen molar-refractivity contribution < 1.29 is 9.53 Å². The second kappa shape index (κ2) is 8.71. The van der Waals surface area contributed by atoms with Crippen molar-refractivity contribution in [2.75, 3.05) is 27.7 Å². The van der Waals surface area contributed by atoms with Gasteiger partial charge in [0.2, 0.25) is 0 Å². The van der Waals surface area contributed by atoms with Crippen LogP contribution in [0.1, 0.15) is 27.7 Å². The molecular formula is C22H26N4O2. The van der Waals surface area contributed by atoms with Gasteiger partial charge in [0, 0.05) is 6.54 Å². The third-order valence-corrected chi connectivity index (χ3v) is 4.81. The maximum absolute atomic E-state index is 12.8. The first-order chi connectivity index (χ1) is 13.5. The number of ether oxygens (including phenoxy) is 1. The Morgan fingerprint density at radius 3 is 2.61 bits per heavy atom. The molecule has 3 rings (SSSR count). The molecule has 1 atom stereocenters. The molecule has 3 aromatic rings. The molecular weight excluding hydrogens is 352 g/mol. The van der Waals surface area contributed by atoms with Crippen LogP contribution in [0.4, 0.5) is 0 Å². The van der Waals surface area contributed by atoms with Crippen molar-refractivity contribution in [2.45, 2.75) is 13.0 Å². The summed E-state index contributed by atoms with van der Waals surface area (Å²) >= 11 is 0. The van der Waals surface area contributed by atoms with Gasteiger partial charge in [-0.25, -0.2) is 4.68 Å². The highest BCUT2D eigenvalue weighted by atomic mass is 16.5. The Morgan fingerprint density at radius 2 is 1.93 bits per heavy atom. The average Bonchev–Trinajstić information content (AvgIpc) is 3.10. The molecule has 0 aliphatic heterocycles. The van der Waals surface area contributed by atoms with Gasteiger partial charge in [-0.05, 0) is 50.8 Å². The first-order valence-electron chi connectivity index (χ1n) is 9.20. The van der Waals surface area contributed by atoms with E-state index in [0.717, 1.165) is 22.7 Å². The molecule has 1 aromatic heterocycles. The molecule has 0 aliphatic carbocycles. The predicted molar refractivity (Wildman–Crippen MR) is 110 cm³/mol. The monoisotopic (exact) mass is 378 g/mol. The zero-order valence-corrected chi connectivity index (χ0v) is 16.7. The van der Waals surface area contributed by atoms with Gasteiger partial charge in [-0.15, -0.1) is 0 Å². The van der Waals surface area contributed by atoms with Crippen LogP contribution in [0.25, 0.3) is 5.69 Å². The lowest BCUT2D eigenvalue weighted by Crippen LogP contribution is -2.34. The summed E-state index contributed by atoms with van der Waals surface area (Å²) in [5, 5.41) is 7.43. The second-order valence-electron chi connectivity index (χ2n) is 6.86. The molecule has 146 valence electrons. The molecule has 0 aliphatic rings. The maximum Gasteiger partial charge on any atom is 0.254 e. The van der Waals surface area contributed by atoms with Crippen molar-refractivity contribution in [1.82, 2.24) is 20.0 Å². The Hall–Kier alpha value is -3.12. The van der Waals surface area contributed by atoms with Crippen LogP contribution < -0.4 is 10.1 Å². The number of carbonyl (C=O) groups excluding carboxylic acids is 1. The molecule has 2 aromatic carbocycles. The number of nitrogens with zero attached hydrogens (tertiary/aromatic N) is 3. The highest BCUT2D eigenvalue weighted by molar-refractivity contribution is 5.95. The lowest BCUT2D eigenvalue weighted by molar-refractivity contribution is 0.0941. The quantitative estimate of drug-likeness (QED) is 0.686. The first kappa shape index (κ1) is 19.6. The normalized spacial score (nSPS) is 12.0. The van der Waals surface area contributed by atoms with Crippen molar-refractivity contribution in [3.8, 4) is 11.4 Å². The molecule has 1 N–H and O–H groups in total. The summed E-state index contributed by atoms with van der Waals surface area (Å²) in [6.07, 6.45) is 1.62. The minimum atomic E-state index is -0.130. The molecule has 0 spiro atoms. The smallest absolute Gasteiger partial charge is 0.254 e. The van der Waals surface area contributed by atoms with E-state index in [1.54, 1.807) is 18.0 Å². The summed E-state index contributed by atoms with van der Waals surface area (Å²) in [6.45, 7) is 2.38. The largest absolute Gasteiger partial charge is 0.497 e. The molecule has 6 nitrogen and oxygen atoms in total. The SMILES string of the molecule is COc1cccc(C(CNC(=O)c2cnn(-c3ccccc3)c2C)N(C)C)c1. The third kappa shape index (κ3) is 4.23. The number of likely N-dealkylation sites (N-methyl/N-ethyl adjacent to an activating group) is 1. The van der Waals surface area contributed by atoms with Crippen LogP contribution in [-0.2, 0) is 0 Å². The van der Waals surface area contributed by atoms with Gasteiger partial charge in [0.1, 0.15) is 5.75 Å². The van der Waals surface area contributed by atoms with E-state index in [-0.39, 0.29) is 11.9 Å². The highest BCUT2D eigenvalue weighted by Crippen LogP contribution is 2.22. The Labute approximate surface area is 165 Å². The molecule has 1 amide bonds. The van der Waals surface area contributed by atoms with Crippen LogP contribution in [-0.4, -0.2) is 48.3 Å². The van der Waals surface area contributed by atoms with Gasteiger partial charge in [0.05, 0.1) is 36.3 Å². The first-order valence-corrected chi connectivity index (χ1v) is 9.20. The number of aromatic nitrogens is 2. The number of hydrogen-bond acceptors (Lipinski definition) is 4. The molecule has 28 heavy (non-hydrogen) atoms. The van der Waals surface area contributed by atoms with Gasteiger partial charge in [0.15, 0.2) is 0 Å². The van der Waals surface area contributed by atoms with Gasteiger partial charge >= 0.3 is 0 Å². The van der Waals surface area contributed by atoms with Crippen LogP contribution >= 0.6 is 0 Å². The number of benzene rings is 2. The Morgan fingerprint density at radius 1 is 1.18 bits per heavy atom. The van der Waals surface area contributed by atoms with E-state index >= 15 is 0 Å². The number of nitrogens with one attached hydrogen (secondary N) is 1. The van der Waals surface area contributed by atoms with E-state index < -0.39 is 0 Å². The van der Waals surface area contributed by atoms with E-state index in [4.69, 9.17) is 4.74 Å². The fraction of sp³-hybridized carbons (Fsp3) is 0.273. The van der Waals surface area contributed by atoms with Crippen molar-refractivity contribution in [1.29, 1.82) is 0 Å². The van der Waals surface area contributed by atoms with Crippen molar-refractivity contribution in [3.63, 3.8) is 0 Å². The Kier molecular flexibility index (Phi) is 6.11. The molecule has 0 saturated heterocycles. The van der Waals surface area contributed by atoms with Gasteiger partial charge < -0.3 is 15.0 Å². The van der Waals surface area contributed by atoms with Crippen LogP contribution in [0.5, 0.6) is 5.75 Å². The molecule has 0 saturated carbocycles. The molecule has 6 heteroatoms. The number of para-hydroxylation sites is 1. The van der Waals surface area contributed by atoms with E-state index in [2.05, 4.69) is 15.3 Å². The Balaban J connectivity index is 1.74. The molecule has 1 unspecified atom stereocenters. The van der Waals surface area contributed by atoms with Crippen LogP contribution in [0, 0.1) is 6.92 Å². The zero-order valence-electron chi connectivity index (χ0n) is 16.7. The van der Waals surface area contributed by atoms with Crippen LogP contribution in [0.15, 0.2) is 60.8 Å². The highest BCUT2D eigenvalue weighted by Gasteiger charge is 2.19. The maximum atomic E-state index is 12.8. The molecule has 0 fully saturated rings. The van der Waals surface area contributed by atoms with E-state index in [9.17, 15) is 4.79 Å². The summed E-state index contributed by atoms with van der Waals surface area (Å²) < 4.78 is 7.10. The minimum Gasteiger partial charge on any atom is -0.497 e. The second-order valence-corrected chi connectivity index (χ2v) is 6.86. The summed E-state index contributed by atoms with van der Waals surface area (Å²) in [6, 6.07) is 17.7. The number of amides is 1. The van der Waals surface area contributed by atoms with Gasteiger partial charge in [-0.3, -0.25) is 4.79 Å². The van der Waals surface area contributed by atoms with Gasteiger partial charge in [0.25, 0.3) is 5.91 Å². The number of carbonyl (C=O) groups is 1. The van der Waals surface area contributed by atoms with Crippen LogP contribution in [0.2, 0.25) is 0 Å². The number of hydrogen-bond donors (Lipinski definition) is 1. The Bertz CT molecular complexity index is 935. The molecule has 1 heterocycles. The number of rotatable bonds is 7. The molecule has 0 radical (unpaired) electrons. The van der Waals surface area contributed by atoms with Crippen molar-refractivity contribution in [2.24, 2.45) is 0 Å². The topological polar surface area (TPSA) is 59.4 Å². The summed E-state index contributed by atoms with van der Waals surface area (Å²) in [4.78, 5) is 14.9. The van der Waals surface area contributed by atoms with E-state index in [1.807, 2.05) is 75.6 Å². The average molecular weight is 378 g/mol. The third-order valence-electron chi connectivity index (χ3n) is 4.81. The van der Waals surface area contributed by atoms with Crippen molar-refractivity contribution in [3.05, 3.63) is 77.6 Å². The van der Waals surface area contributed by atoms with E-state index in [0.29, 0.717) is 12.1 Å². The summed E-state index contributed by atoms with van der Waals surface area (Å²) in [7, 11) is 5.64. The fourth-order valence-corrected chi connectivity index (χ4v) is 3.19. The van der Waals surface area contributed by atoms with Gasteiger partial charge in [-0.1, -0.05) is 30.3 Å². The zero-order chi connectivity index (χ0) is 20.1. The standard InChI is InChI=1S/C22H26N4O2/c1-16-20(14-24-26(16)18-10-6-5-7-11-18)22(27)23-15-21(25(2)3)17-9-8-12-19(13-17)28-4/h5-14,21H,15H2,1-4H3,(H,23,27). The lowest BCUT2D eigenvalue weighted by atomic mass is 10.1. The number of methoxy groups -OCH3 is 1. The van der Waals surface area contributed by atoms with E-state index in [1.165, 1.54) is 0 Å². The van der Waals surface area contributed by atoms with Crippen LogP contribution in [0.3, 0.4) is 0 Å². The summed E-state index contributed by atoms with van der Waals surface area (Å²) in [5.74, 6) is 0.671. The van der Waals surface area contributed by atoms with Gasteiger partial charge in [-0.2, -0.15) is 5.10 Å². The lowest BCUT2D eigenvalue weighted by Gasteiger charge is -2.25. The van der Waals surface area contributed by atoms with Crippen molar-refractivity contribution >= 4 is 5.91 Å². The predicted octanol–water partition coefficient (Wildman–Crippen LogP) is 3.22. The molecule has 0 bridgehead atoms. The fourth-order valence-electron chi connectivity index (χ4n) is 3.19. The summed E-state index contributed by atoms with van der Waals surface area (Å²) in [5.41, 5.74) is 3.40.